The highest BCUT2D eigenvalue weighted by molar-refractivity contribution is 8.00. The van der Waals surface area contributed by atoms with Gasteiger partial charge in [-0.1, -0.05) is 24.4 Å². The number of nitrogens with one attached hydrogen (secondary N) is 4. The van der Waals surface area contributed by atoms with Gasteiger partial charge in [-0.2, -0.15) is 11.8 Å². The lowest BCUT2D eigenvalue weighted by Crippen LogP contribution is -2.49. The highest BCUT2D eigenvalue weighted by Crippen LogP contribution is 2.33. The first-order chi connectivity index (χ1) is 16.4. The molecular formula is C21H38BN7O4S. The van der Waals surface area contributed by atoms with Crippen molar-refractivity contribution in [2.24, 2.45) is 5.11 Å². The molecule has 3 amide bonds. The molecule has 0 unspecified atom stereocenters. The quantitative estimate of drug-likeness (QED) is 0.0487. The third-order valence-corrected chi connectivity index (χ3v) is 7.65. The van der Waals surface area contributed by atoms with Crippen LogP contribution in [0.2, 0.25) is 6.82 Å². The number of rotatable bonds is 18. The number of nitrogens with zero attached hydrogens (tertiary/aromatic N) is 3. The van der Waals surface area contributed by atoms with E-state index in [-0.39, 0.29) is 29.8 Å². The largest absolute Gasteiger partial charge is 0.437 e. The molecule has 0 spiro atoms. The van der Waals surface area contributed by atoms with Crippen molar-refractivity contribution < 1.29 is 19.4 Å². The van der Waals surface area contributed by atoms with E-state index in [0.717, 1.165) is 44.3 Å². The number of hydrogen-bond acceptors (Lipinski definition) is 7. The van der Waals surface area contributed by atoms with Crippen molar-refractivity contribution in [1.29, 1.82) is 0 Å². The van der Waals surface area contributed by atoms with E-state index in [1.165, 1.54) is 0 Å². The molecule has 0 radical (unpaired) electrons. The van der Waals surface area contributed by atoms with E-state index >= 15 is 0 Å². The van der Waals surface area contributed by atoms with Crippen LogP contribution in [0.25, 0.3) is 10.4 Å². The number of carbonyl (C=O) groups excluding carboxylic acids is 3. The van der Waals surface area contributed by atoms with Crippen molar-refractivity contribution in [2.45, 2.75) is 94.4 Å². The van der Waals surface area contributed by atoms with Crippen LogP contribution in [0.15, 0.2) is 5.11 Å². The number of carbonyl (C=O) groups is 3. The van der Waals surface area contributed by atoms with Gasteiger partial charge >= 0.3 is 13.1 Å². The van der Waals surface area contributed by atoms with Crippen molar-refractivity contribution in [1.82, 2.24) is 21.2 Å². The van der Waals surface area contributed by atoms with Crippen LogP contribution in [0.3, 0.4) is 0 Å². The summed E-state index contributed by atoms with van der Waals surface area (Å²) >= 11 is 1.90. The van der Waals surface area contributed by atoms with Crippen LogP contribution in [0.4, 0.5) is 4.79 Å². The van der Waals surface area contributed by atoms with Gasteiger partial charge in [0.25, 0.3) is 0 Å². The number of urea groups is 1. The van der Waals surface area contributed by atoms with Crippen molar-refractivity contribution in [3.05, 3.63) is 10.4 Å². The SMILES string of the molecule is CB(O)N[C@@H](CCCCCC(=O)CCCC[C@@H]1SC[C@@H]2NC(=O)N[C@@H]21)C(=O)NCCCN=[N+]=[N-]. The summed E-state index contributed by atoms with van der Waals surface area (Å²) in [5.74, 6) is 1.06. The van der Waals surface area contributed by atoms with Crippen LogP contribution in [0, 0.1) is 0 Å². The number of azide groups is 1. The van der Waals surface area contributed by atoms with E-state index < -0.39 is 13.1 Å². The minimum absolute atomic E-state index is 0.0636. The highest BCUT2D eigenvalue weighted by atomic mass is 32.2. The van der Waals surface area contributed by atoms with E-state index in [0.29, 0.717) is 44.0 Å². The van der Waals surface area contributed by atoms with Gasteiger partial charge in [0.2, 0.25) is 5.91 Å². The average molecular weight is 495 g/mol. The summed E-state index contributed by atoms with van der Waals surface area (Å²) in [7, 11) is -0.796. The predicted molar refractivity (Wildman–Crippen MR) is 134 cm³/mol. The predicted octanol–water partition coefficient (Wildman–Crippen LogP) is 2.12. The van der Waals surface area contributed by atoms with Gasteiger partial charge in [-0.25, -0.2) is 4.79 Å². The monoisotopic (exact) mass is 495 g/mol. The van der Waals surface area contributed by atoms with Gasteiger partial charge in [-0.15, -0.1) is 0 Å². The molecule has 0 aromatic rings. The first-order valence-corrected chi connectivity index (χ1v) is 13.4. The molecule has 0 aliphatic carbocycles. The topological polar surface area (TPSA) is 168 Å². The van der Waals surface area contributed by atoms with Gasteiger partial charge in [-0.3, -0.25) is 9.59 Å². The molecule has 2 rings (SSSR count). The second kappa shape index (κ2) is 15.9. The molecule has 13 heteroatoms. The lowest BCUT2D eigenvalue weighted by molar-refractivity contribution is -0.123. The van der Waals surface area contributed by atoms with Crippen molar-refractivity contribution in [2.75, 3.05) is 18.8 Å². The molecular weight excluding hydrogens is 457 g/mol. The number of fused-ring (bicyclic) bond motifs is 1. The maximum atomic E-state index is 12.3. The molecule has 0 aromatic heterocycles. The van der Waals surface area contributed by atoms with Crippen LogP contribution < -0.4 is 21.2 Å². The van der Waals surface area contributed by atoms with E-state index in [1.807, 2.05) is 11.8 Å². The molecule has 190 valence electrons. The van der Waals surface area contributed by atoms with E-state index in [1.54, 1.807) is 6.82 Å². The van der Waals surface area contributed by atoms with Crippen molar-refractivity contribution in [3.8, 4) is 0 Å². The number of hydrogen-bond donors (Lipinski definition) is 5. The molecule has 0 aromatic carbocycles. The molecule has 5 N–H and O–H groups in total. The standard InChI is InChI=1S/C21H38BN7O4S/c1-22(33)28-16(20(31)24-12-7-13-25-29-23)10-4-2-3-8-15(30)9-5-6-11-18-19-17(14-34-18)26-21(32)27-19/h16-19,28,33H,2-14H2,1H3,(H,24,31)(H2,26,27,32)/t16-,17-,18-,19-/m0/s1. The Hall–Kier alpha value is -1.95. The van der Waals surface area contributed by atoms with Gasteiger partial charge in [0, 0.05) is 41.8 Å². The zero-order valence-corrected chi connectivity index (χ0v) is 20.8. The second-order valence-electron chi connectivity index (χ2n) is 9.00. The maximum absolute atomic E-state index is 12.3. The molecule has 2 aliphatic heterocycles. The van der Waals surface area contributed by atoms with Gasteiger partial charge < -0.3 is 26.2 Å². The summed E-state index contributed by atoms with van der Waals surface area (Å²) in [5.41, 5.74) is 8.26. The molecule has 0 bridgehead atoms. The second-order valence-corrected chi connectivity index (χ2v) is 10.3. The lowest BCUT2D eigenvalue weighted by Gasteiger charge is -2.19. The van der Waals surface area contributed by atoms with Crippen LogP contribution in [0.5, 0.6) is 0 Å². The van der Waals surface area contributed by atoms with Crippen molar-refractivity contribution in [3.63, 3.8) is 0 Å². The Bertz CT molecular complexity index is 723. The fraction of sp³-hybridized carbons (Fsp3) is 0.857. The molecule has 2 aliphatic rings. The zero-order chi connectivity index (χ0) is 24.8. The molecule has 2 saturated heterocycles. The number of thioether (sulfide) groups is 1. The summed E-state index contributed by atoms with van der Waals surface area (Å²) < 4.78 is 0. The number of amides is 3. The summed E-state index contributed by atoms with van der Waals surface area (Å²) in [6.45, 7) is 2.32. The lowest BCUT2D eigenvalue weighted by atomic mass is 9.86. The van der Waals surface area contributed by atoms with Crippen molar-refractivity contribution >= 4 is 36.5 Å². The molecule has 0 saturated carbocycles. The summed E-state index contributed by atoms with van der Waals surface area (Å²) in [6.07, 6.45) is 7.63. The Morgan fingerprint density at radius 2 is 2.00 bits per heavy atom. The Balaban J connectivity index is 1.52. The summed E-state index contributed by atoms with van der Waals surface area (Å²) in [4.78, 5) is 38.6. The zero-order valence-electron chi connectivity index (χ0n) is 20.0. The molecule has 11 nitrogen and oxygen atoms in total. The Kier molecular flexibility index (Phi) is 13.2. The fourth-order valence-electron chi connectivity index (χ4n) is 4.39. The molecule has 4 atom stereocenters. The summed E-state index contributed by atoms with van der Waals surface area (Å²) in [6, 6.07) is -0.0933. The normalized spacial score (nSPS) is 21.7. The molecule has 2 heterocycles. The van der Waals surface area contributed by atoms with Crippen LogP contribution in [-0.2, 0) is 9.59 Å². The fourth-order valence-corrected chi connectivity index (χ4v) is 5.94. The maximum Gasteiger partial charge on any atom is 0.374 e. The van der Waals surface area contributed by atoms with Gasteiger partial charge in [0.15, 0.2) is 0 Å². The number of unbranched alkanes of at least 4 members (excludes halogenated alkanes) is 3. The average Bonchev–Trinajstić information content (AvgIpc) is 3.34. The Morgan fingerprint density at radius 3 is 2.74 bits per heavy atom. The first-order valence-electron chi connectivity index (χ1n) is 12.3. The molecule has 34 heavy (non-hydrogen) atoms. The minimum atomic E-state index is -0.796. The van der Waals surface area contributed by atoms with Crippen LogP contribution in [0.1, 0.15) is 64.2 Å². The number of ketones is 1. The smallest absolute Gasteiger partial charge is 0.374 e. The van der Waals surface area contributed by atoms with Crippen LogP contribution >= 0.6 is 11.8 Å². The third kappa shape index (κ3) is 10.5. The van der Waals surface area contributed by atoms with E-state index in [4.69, 9.17) is 5.53 Å². The van der Waals surface area contributed by atoms with Gasteiger partial charge in [-0.05, 0) is 44.5 Å². The van der Waals surface area contributed by atoms with Gasteiger partial charge in [0.05, 0.1) is 18.1 Å². The first kappa shape index (κ1) is 28.3. The molecule has 2 fully saturated rings. The minimum Gasteiger partial charge on any atom is -0.437 e. The highest BCUT2D eigenvalue weighted by Gasteiger charge is 2.42. The van der Waals surface area contributed by atoms with Gasteiger partial charge in [0.1, 0.15) is 5.78 Å². The van der Waals surface area contributed by atoms with E-state index in [9.17, 15) is 19.4 Å². The van der Waals surface area contributed by atoms with Crippen LogP contribution in [-0.4, -0.2) is 72.0 Å². The third-order valence-electron chi connectivity index (χ3n) is 6.14. The summed E-state index contributed by atoms with van der Waals surface area (Å²) in [5, 5.41) is 25.1. The Morgan fingerprint density at radius 1 is 1.24 bits per heavy atom. The Labute approximate surface area is 206 Å². The number of Topliss-reactive ketones (excluding diaryl/α,β-unsaturated/α-hetero) is 1. The van der Waals surface area contributed by atoms with E-state index in [2.05, 4.69) is 31.2 Å².